The van der Waals surface area contributed by atoms with E-state index in [1.165, 1.54) is 19.3 Å². The first kappa shape index (κ1) is 21.5. The summed E-state index contributed by atoms with van der Waals surface area (Å²) < 4.78 is 20.9. The van der Waals surface area contributed by atoms with Crippen LogP contribution >= 0.6 is 0 Å². The van der Waals surface area contributed by atoms with Crippen LogP contribution < -0.4 is 4.74 Å². The number of carbonyl (C=O) groups excluding carboxylic acids is 2. The zero-order chi connectivity index (χ0) is 20.2. The number of carbonyl (C=O) groups is 2. The molecule has 0 bridgehead atoms. The van der Waals surface area contributed by atoms with Gasteiger partial charge in [-0.3, -0.25) is 0 Å². The lowest BCUT2D eigenvalue weighted by Gasteiger charge is -2.24. The van der Waals surface area contributed by atoms with Crippen LogP contribution in [0.1, 0.15) is 50.5 Å². The van der Waals surface area contributed by atoms with Crippen molar-refractivity contribution in [1.82, 2.24) is 0 Å². The van der Waals surface area contributed by atoms with Crippen molar-refractivity contribution in [2.45, 2.75) is 51.0 Å². The second-order valence-electron chi connectivity index (χ2n) is 6.60. The average Bonchev–Trinajstić information content (AvgIpc) is 2.71. The van der Waals surface area contributed by atoms with E-state index in [0.717, 1.165) is 24.5 Å². The summed E-state index contributed by atoms with van der Waals surface area (Å²) in [7, 11) is 0. The van der Waals surface area contributed by atoms with Crippen molar-refractivity contribution >= 4 is 17.9 Å². The minimum absolute atomic E-state index is 0.189. The molecule has 1 saturated carbocycles. The maximum Gasteiger partial charge on any atom is 0.513 e. The fourth-order valence-electron chi connectivity index (χ4n) is 2.88. The van der Waals surface area contributed by atoms with Crippen LogP contribution in [0.5, 0.6) is 5.75 Å². The predicted octanol–water partition coefficient (Wildman–Crippen LogP) is 5.03. The smallest absolute Gasteiger partial charge is 0.490 e. The molecule has 0 aliphatic heterocycles. The second kappa shape index (κ2) is 11.8. The van der Waals surface area contributed by atoms with Crippen LogP contribution in [0.4, 0.5) is 4.79 Å². The van der Waals surface area contributed by atoms with E-state index in [1.54, 1.807) is 12.1 Å². The number of unbranched alkanes of at least 4 members (excludes halogenated alkanes) is 1. The van der Waals surface area contributed by atoms with Crippen molar-refractivity contribution < 1.29 is 28.5 Å². The van der Waals surface area contributed by atoms with Crippen LogP contribution in [-0.4, -0.2) is 31.4 Å². The third kappa shape index (κ3) is 7.86. The van der Waals surface area contributed by atoms with Crippen LogP contribution in [-0.2, 0) is 19.0 Å². The highest BCUT2D eigenvalue weighted by molar-refractivity contribution is 5.81. The van der Waals surface area contributed by atoms with E-state index >= 15 is 0 Å². The molecular weight excluding hydrogens is 360 g/mol. The van der Waals surface area contributed by atoms with Gasteiger partial charge in [0.15, 0.2) is 0 Å². The lowest BCUT2D eigenvalue weighted by molar-refractivity contribution is -0.137. The molecule has 0 spiro atoms. The summed E-state index contributed by atoms with van der Waals surface area (Å²) in [6, 6.07) is 6.98. The SMILES string of the molecule is C=CC(=O)OCCCCOC(=O)Oc1ccc(C(=C)OC2CCCCC2)cc1. The number of hydrogen-bond acceptors (Lipinski definition) is 6. The summed E-state index contributed by atoms with van der Waals surface area (Å²) in [4.78, 5) is 22.6. The van der Waals surface area contributed by atoms with Crippen molar-refractivity contribution in [2.75, 3.05) is 13.2 Å². The van der Waals surface area contributed by atoms with Crippen LogP contribution in [0.2, 0.25) is 0 Å². The predicted molar refractivity (Wildman–Crippen MR) is 106 cm³/mol. The molecule has 1 aliphatic rings. The Kier molecular flexibility index (Phi) is 9.11. The third-order valence-corrected chi connectivity index (χ3v) is 4.41. The molecule has 6 nitrogen and oxygen atoms in total. The maximum atomic E-state index is 11.7. The van der Waals surface area contributed by atoms with Gasteiger partial charge in [-0.25, -0.2) is 9.59 Å². The highest BCUT2D eigenvalue weighted by Crippen LogP contribution is 2.26. The number of esters is 1. The van der Waals surface area contributed by atoms with E-state index < -0.39 is 12.1 Å². The van der Waals surface area contributed by atoms with Gasteiger partial charge in [0, 0.05) is 11.6 Å². The summed E-state index contributed by atoms with van der Waals surface area (Å²) in [5, 5.41) is 0. The maximum absolute atomic E-state index is 11.7. The Morgan fingerprint density at radius 3 is 2.29 bits per heavy atom. The molecule has 1 aromatic carbocycles. The fourth-order valence-corrected chi connectivity index (χ4v) is 2.88. The molecule has 1 aromatic rings. The molecule has 0 heterocycles. The van der Waals surface area contributed by atoms with Crippen molar-refractivity contribution in [2.24, 2.45) is 0 Å². The van der Waals surface area contributed by atoms with E-state index in [9.17, 15) is 9.59 Å². The molecule has 6 heteroatoms. The second-order valence-corrected chi connectivity index (χ2v) is 6.60. The molecule has 152 valence electrons. The lowest BCUT2D eigenvalue weighted by Crippen LogP contribution is -2.15. The van der Waals surface area contributed by atoms with Gasteiger partial charge in [-0.1, -0.05) is 19.6 Å². The molecule has 28 heavy (non-hydrogen) atoms. The van der Waals surface area contributed by atoms with Gasteiger partial charge in [-0.15, -0.1) is 0 Å². The van der Waals surface area contributed by atoms with Crippen LogP contribution in [0.3, 0.4) is 0 Å². The van der Waals surface area contributed by atoms with Gasteiger partial charge in [-0.05, 0) is 62.8 Å². The van der Waals surface area contributed by atoms with Gasteiger partial charge < -0.3 is 18.9 Å². The monoisotopic (exact) mass is 388 g/mol. The first-order valence-corrected chi connectivity index (χ1v) is 9.68. The zero-order valence-electron chi connectivity index (χ0n) is 16.2. The van der Waals surface area contributed by atoms with E-state index in [1.807, 2.05) is 12.1 Å². The van der Waals surface area contributed by atoms with Gasteiger partial charge in [0.2, 0.25) is 0 Å². The Labute approximate surface area is 166 Å². The molecule has 0 amide bonds. The van der Waals surface area contributed by atoms with Crippen molar-refractivity contribution in [1.29, 1.82) is 0 Å². The van der Waals surface area contributed by atoms with E-state index in [2.05, 4.69) is 13.2 Å². The Morgan fingerprint density at radius 2 is 1.64 bits per heavy atom. The molecule has 1 fully saturated rings. The van der Waals surface area contributed by atoms with Gasteiger partial charge in [0.1, 0.15) is 11.5 Å². The topological polar surface area (TPSA) is 71.1 Å². The van der Waals surface area contributed by atoms with Crippen LogP contribution in [0.15, 0.2) is 43.5 Å². The van der Waals surface area contributed by atoms with E-state index in [-0.39, 0.29) is 19.3 Å². The fraction of sp³-hybridized carbons (Fsp3) is 0.455. The molecule has 0 saturated heterocycles. The Hall–Kier alpha value is -2.76. The molecule has 1 aliphatic carbocycles. The van der Waals surface area contributed by atoms with Crippen LogP contribution in [0.25, 0.3) is 5.76 Å². The number of benzene rings is 1. The van der Waals surface area contributed by atoms with Gasteiger partial charge >= 0.3 is 12.1 Å². The van der Waals surface area contributed by atoms with E-state index in [0.29, 0.717) is 24.4 Å². The normalized spacial score (nSPS) is 14.0. The summed E-state index contributed by atoms with van der Waals surface area (Å²) in [5.41, 5.74) is 0.861. The molecule has 0 unspecified atom stereocenters. The highest BCUT2D eigenvalue weighted by Gasteiger charge is 2.16. The summed E-state index contributed by atoms with van der Waals surface area (Å²) >= 11 is 0. The average molecular weight is 388 g/mol. The highest BCUT2D eigenvalue weighted by atomic mass is 16.7. The summed E-state index contributed by atoms with van der Waals surface area (Å²) in [6.45, 7) is 7.76. The first-order chi connectivity index (χ1) is 13.6. The van der Waals surface area contributed by atoms with Crippen molar-refractivity contribution in [3.8, 4) is 5.75 Å². The van der Waals surface area contributed by atoms with Gasteiger partial charge in [-0.2, -0.15) is 0 Å². The Bertz CT molecular complexity index is 658. The van der Waals surface area contributed by atoms with E-state index in [4.69, 9.17) is 18.9 Å². The molecule has 0 aromatic heterocycles. The van der Waals surface area contributed by atoms with Crippen LogP contribution in [0, 0.1) is 0 Å². The number of ether oxygens (including phenoxy) is 4. The lowest BCUT2D eigenvalue weighted by atomic mass is 9.97. The molecule has 0 radical (unpaired) electrons. The Balaban J connectivity index is 1.65. The molecular formula is C22H28O6. The first-order valence-electron chi connectivity index (χ1n) is 9.68. The number of hydrogen-bond donors (Lipinski definition) is 0. The van der Waals surface area contributed by atoms with Gasteiger partial charge in [0.25, 0.3) is 0 Å². The quantitative estimate of drug-likeness (QED) is 0.184. The largest absolute Gasteiger partial charge is 0.513 e. The minimum atomic E-state index is -0.770. The molecule has 0 N–H and O–H groups in total. The zero-order valence-corrected chi connectivity index (χ0v) is 16.2. The minimum Gasteiger partial charge on any atom is -0.490 e. The molecule has 2 rings (SSSR count). The third-order valence-electron chi connectivity index (χ3n) is 4.41. The summed E-state index contributed by atoms with van der Waals surface area (Å²) in [5.74, 6) is 0.563. The van der Waals surface area contributed by atoms with Crippen molar-refractivity contribution in [3.63, 3.8) is 0 Å². The summed E-state index contributed by atoms with van der Waals surface area (Å²) in [6.07, 6.45) is 7.56. The molecule has 0 atom stereocenters. The van der Waals surface area contributed by atoms with Crippen molar-refractivity contribution in [3.05, 3.63) is 49.1 Å². The van der Waals surface area contributed by atoms with Gasteiger partial charge in [0.05, 0.1) is 19.3 Å². The Morgan fingerprint density at radius 1 is 1.00 bits per heavy atom. The standard InChI is InChI=1S/C22H28O6/c1-3-21(23)25-15-7-8-16-26-22(24)28-20-13-11-18(12-14-20)17(2)27-19-9-5-4-6-10-19/h3,11-14,19H,1-2,4-10,15-16H2. The number of rotatable bonds is 10.